The van der Waals surface area contributed by atoms with Crippen LogP contribution in [0, 0.1) is 12.8 Å². The maximum atomic E-state index is 4.39. The Balaban J connectivity index is 2.12. The van der Waals surface area contributed by atoms with Gasteiger partial charge in [-0.2, -0.15) is 0 Å². The predicted molar refractivity (Wildman–Crippen MR) is 75.7 cm³/mol. The third-order valence-corrected chi connectivity index (χ3v) is 4.31. The Morgan fingerprint density at radius 1 is 1.39 bits per heavy atom. The standard InChI is InChI=1S/C15H27N3/c1-4-6-13-7-8-14(16-5-2)15(11-13)18-10-9-17-12(18)3/h9-10,13-16H,4-8,11H2,1-3H3. The Hall–Kier alpha value is -0.830. The minimum Gasteiger partial charge on any atom is -0.331 e. The third-order valence-electron chi connectivity index (χ3n) is 4.31. The number of nitrogens with zero attached hydrogens (tertiary/aromatic N) is 2. The fourth-order valence-electron chi connectivity index (χ4n) is 3.45. The van der Waals surface area contributed by atoms with Crippen molar-refractivity contribution in [3.63, 3.8) is 0 Å². The summed E-state index contributed by atoms with van der Waals surface area (Å²) in [5, 5.41) is 3.66. The van der Waals surface area contributed by atoms with Gasteiger partial charge in [0.2, 0.25) is 0 Å². The van der Waals surface area contributed by atoms with Gasteiger partial charge in [-0.15, -0.1) is 0 Å². The van der Waals surface area contributed by atoms with E-state index in [1.165, 1.54) is 32.1 Å². The molecule has 1 N–H and O–H groups in total. The molecule has 1 saturated carbocycles. The van der Waals surface area contributed by atoms with E-state index in [9.17, 15) is 0 Å². The summed E-state index contributed by atoms with van der Waals surface area (Å²) < 4.78 is 2.38. The van der Waals surface area contributed by atoms with Crippen molar-refractivity contribution < 1.29 is 0 Å². The van der Waals surface area contributed by atoms with E-state index >= 15 is 0 Å². The SMILES string of the molecule is CCCC1CCC(NCC)C(n2ccnc2C)C1. The van der Waals surface area contributed by atoms with Crippen molar-refractivity contribution in [2.24, 2.45) is 5.92 Å². The molecule has 2 rings (SSSR count). The van der Waals surface area contributed by atoms with Gasteiger partial charge in [0.15, 0.2) is 0 Å². The lowest BCUT2D eigenvalue weighted by atomic mass is 9.80. The monoisotopic (exact) mass is 249 g/mol. The van der Waals surface area contributed by atoms with Crippen LogP contribution in [0.1, 0.15) is 57.8 Å². The van der Waals surface area contributed by atoms with Crippen LogP contribution in [0.15, 0.2) is 12.4 Å². The number of imidazole rings is 1. The fraction of sp³-hybridized carbons (Fsp3) is 0.800. The van der Waals surface area contributed by atoms with E-state index in [0.29, 0.717) is 12.1 Å². The van der Waals surface area contributed by atoms with E-state index in [1.54, 1.807) is 0 Å². The Morgan fingerprint density at radius 2 is 2.22 bits per heavy atom. The number of hydrogen-bond donors (Lipinski definition) is 1. The highest BCUT2D eigenvalue weighted by atomic mass is 15.1. The van der Waals surface area contributed by atoms with Gasteiger partial charge in [-0.1, -0.05) is 26.7 Å². The largest absolute Gasteiger partial charge is 0.331 e. The molecule has 0 aromatic carbocycles. The summed E-state index contributed by atoms with van der Waals surface area (Å²) >= 11 is 0. The number of nitrogens with one attached hydrogen (secondary N) is 1. The van der Waals surface area contributed by atoms with Gasteiger partial charge in [-0.3, -0.25) is 0 Å². The highest BCUT2D eigenvalue weighted by Gasteiger charge is 2.31. The first kappa shape index (κ1) is 13.6. The maximum Gasteiger partial charge on any atom is 0.105 e. The second-order valence-corrected chi connectivity index (χ2v) is 5.58. The number of aryl methyl sites for hydroxylation is 1. The zero-order valence-electron chi connectivity index (χ0n) is 12.0. The van der Waals surface area contributed by atoms with Crippen molar-refractivity contribution in [2.75, 3.05) is 6.54 Å². The molecule has 1 aliphatic rings. The molecule has 102 valence electrons. The van der Waals surface area contributed by atoms with E-state index in [2.05, 4.69) is 41.8 Å². The predicted octanol–water partition coefficient (Wildman–Crippen LogP) is 3.31. The van der Waals surface area contributed by atoms with Crippen molar-refractivity contribution >= 4 is 0 Å². The summed E-state index contributed by atoms with van der Waals surface area (Å²) in [4.78, 5) is 4.39. The van der Waals surface area contributed by atoms with Crippen LogP contribution >= 0.6 is 0 Å². The lowest BCUT2D eigenvalue weighted by Gasteiger charge is -2.38. The topological polar surface area (TPSA) is 29.9 Å². The van der Waals surface area contributed by atoms with Crippen molar-refractivity contribution in [2.45, 2.75) is 65.0 Å². The first-order chi connectivity index (χ1) is 8.76. The van der Waals surface area contributed by atoms with Crippen molar-refractivity contribution in [1.82, 2.24) is 14.9 Å². The molecule has 0 aliphatic heterocycles. The van der Waals surface area contributed by atoms with Crippen molar-refractivity contribution in [3.8, 4) is 0 Å². The van der Waals surface area contributed by atoms with Gasteiger partial charge < -0.3 is 9.88 Å². The van der Waals surface area contributed by atoms with Crippen LogP contribution in [0.3, 0.4) is 0 Å². The molecule has 0 amide bonds. The van der Waals surface area contributed by atoms with Crippen LogP contribution in [0.2, 0.25) is 0 Å². The van der Waals surface area contributed by atoms with E-state index in [1.807, 2.05) is 6.20 Å². The highest BCUT2D eigenvalue weighted by molar-refractivity contribution is 4.98. The Labute approximate surface area is 111 Å². The van der Waals surface area contributed by atoms with E-state index in [-0.39, 0.29) is 0 Å². The maximum absolute atomic E-state index is 4.39. The van der Waals surface area contributed by atoms with Gasteiger partial charge in [0.1, 0.15) is 5.82 Å². The molecule has 3 unspecified atom stereocenters. The molecule has 3 nitrogen and oxygen atoms in total. The molecule has 1 aromatic rings. The molecule has 3 atom stereocenters. The summed E-state index contributed by atoms with van der Waals surface area (Å²) in [6, 6.07) is 1.22. The average Bonchev–Trinajstić information content (AvgIpc) is 2.78. The molecular formula is C15H27N3. The number of hydrogen-bond acceptors (Lipinski definition) is 2. The summed E-state index contributed by atoms with van der Waals surface area (Å²) in [5.41, 5.74) is 0. The van der Waals surface area contributed by atoms with Gasteiger partial charge in [0.05, 0.1) is 6.04 Å². The van der Waals surface area contributed by atoms with Crippen LogP contribution in [0.25, 0.3) is 0 Å². The van der Waals surface area contributed by atoms with Crippen LogP contribution in [0.5, 0.6) is 0 Å². The summed E-state index contributed by atoms with van der Waals surface area (Å²) in [7, 11) is 0. The molecule has 0 spiro atoms. The summed E-state index contributed by atoms with van der Waals surface area (Å²) in [6.07, 6.45) is 10.8. The summed E-state index contributed by atoms with van der Waals surface area (Å²) in [5.74, 6) is 2.05. The minimum absolute atomic E-state index is 0.595. The second-order valence-electron chi connectivity index (χ2n) is 5.58. The molecule has 0 bridgehead atoms. The lowest BCUT2D eigenvalue weighted by molar-refractivity contribution is 0.197. The Bertz CT molecular complexity index is 358. The molecular weight excluding hydrogens is 222 g/mol. The van der Waals surface area contributed by atoms with Gasteiger partial charge in [0, 0.05) is 18.4 Å². The Kier molecular flexibility index (Phi) is 4.81. The second kappa shape index (κ2) is 6.37. The lowest BCUT2D eigenvalue weighted by Crippen LogP contribution is -2.42. The molecule has 1 heterocycles. The van der Waals surface area contributed by atoms with Crippen molar-refractivity contribution in [1.29, 1.82) is 0 Å². The molecule has 18 heavy (non-hydrogen) atoms. The first-order valence-corrected chi connectivity index (χ1v) is 7.49. The van der Waals surface area contributed by atoms with Gasteiger partial charge >= 0.3 is 0 Å². The van der Waals surface area contributed by atoms with Crippen LogP contribution in [-0.2, 0) is 0 Å². The molecule has 1 fully saturated rings. The number of rotatable bonds is 5. The summed E-state index contributed by atoms with van der Waals surface area (Å²) in [6.45, 7) is 7.68. The molecule has 3 heteroatoms. The zero-order chi connectivity index (χ0) is 13.0. The van der Waals surface area contributed by atoms with Crippen LogP contribution in [0.4, 0.5) is 0 Å². The van der Waals surface area contributed by atoms with Gasteiger partial charge in [-0.25, -0.2) is 4.98 Å². The molecule has 1 aliphatic carbocycles. The normalized spacial score (nSPS) is 28.5. The zero-order valence-corrected chi connectivity index (χ0v) is 12.0. The smallest absolute Gasteiger partial charge is 0.105 e. The average molecular weight is 249 g/mol. The van der Waals surface area contributed by atoms with Crippen molar-refractivity contribution in [3.05, 3.63) is 18.2 Å². The van der Waals surface area contributed by atoms with Gasteiger partial charge in [0.25, 0.3) is 0 Å². The van der Waals surface area contributed by atoms with Crippen LogP contribution in [-0.4, -0.2) is 22.1 Å². The number of aromatic nitrogens is 2. The van der Waals surface area contributed by atoms with Gasteiger partial charge in [-0.05, 0) is 38.6 Å². The molecule has 1 aromatic heterocycles. The minimum atomic E-state index is 0.595. The highest BCUT2D eigenvalue weighted by Crippen LogP contribution is 2.35. The Morgan fingerprint density at radius 3 is 2.83 bits per heavy atom. The van der Waals surface area contributed by atoms with E-state index < -0.39 is 0 Å². The quantitative estimate of drug-likeness (QED) is 0.867. The van der Waals surface area contributed by atoms with Crippen LogP contribution < -0.4 is 5.32 Å². The van der Waals surface area contributed by atoms with E-state index in [4.69, 9.17) is 0 Å². The first-order valence-electron chi connectivity index (χ1n) is 7.49. The molecule has 0 saturated heterocycles. The fourth-order valence-corrected chi connectivity index (χ4v) is 3.45. The molecule has 0 radical (unpaired) electrons. The third kappa shape index (κ3) is 2.94. The van der Waals surface area contributed by atoms with E-state index in [0.717, 1.165) is 18.3 Å². The number of likely N-dealkylation sites (N-methyl/N-ethyl adjacent to an activating group) is 1.